The Balaban J connectivity index is 1.64. The highest BCUT2D eigenvalue weighted by Crippen LogP contribution is 2.33. The lowest BCUT2D eigenvalue weighted by molar-refractivity contribution is -0.113. The van der Waals surface area contributed by atoms with Gasteiger partial charge in [-0.25, -0.2) is 9.97 Å². The van der Waals surface area contributed by atoms with Gasteiger partial charge < -0.3 is 10.6 Å². The second-order valence-electron chi connectivity index (χ2n) is 9.31. The summed E-state index contributed by atoms with van der Waals surface area (Å²) in [6.45, 7) is 7.30. The van der Waals surface area contributed by atoms with Gasteiger partial charge in [0.15, 0.2) is 5.78 Å². The second-order valence-corrected chi connectivity index (χ2v) is 9.31. The first-order valence-corrected chi connectivity index (χ1v) is 12.2. The van der Waals surface area contributed by atoms with Crippen molar-refractivity contribution >= 4 is 35.4 Å². The fourth-order valence-electron chi connectivity index (χ4n) is 4.84. The Kier molecular flexibility index (Phi) is 7.67. The van der Waals surface area contributed by atoms with Gasteiger partial charge in [-0.15, -0.1) is 0 Å². The first-order valence-electron chi connectivity index (χ1n) is 12.2. The van der Waals surface area contributed by atoms with Crippen molar-refractivity contribution in [2.75, 3.05) is 23.3 Å². The van der Waals surface area contributed by atoms with Crippen LogP contribution in [-0.2, 0) is 9.59 Å². The zero-order valence-corrected chi connectivity index (χ0v) is 20.3. The van der Waals surface area contributed by atoms with E-state index in [1.165, 1.54) is 5.56 Å². The van der Waals surface area contributed by atoms with Crippen molar-refractivity contribution in [3.05, 3.63) is 41.2 Å². The number of rotatable bonds is 8. The molecule has 1 aliphatic carbocycles. The summed E-state index contributed by atoms with van der Waals surface area (Å²) in [5.74, 6) is 2.09. The van der Waals surface area contributed by atoms with Crippen molar-refractivity contribution in [3.8, 4) is 0 Å². The maximum absolute atomic E-state index is 12.2. The van der Waals surface area contributed by atoms with E-state index in [4.69, 9.17) is 4.98 Å². The minimum atomic E-state index is -0.0118. The molecule has 34 heavy (non-hydrogen) atoms. The van der Waals surface area contributed by atoms with Gasteiger partial charge in [-0.3, -0.25) is 14.5 Å². The molecule has 1 saturated carbocycles. The van der Waals surface area contributed by atoms with Crippen LogP contribution in [0.15, 0.2) is 30.1 Å². The number of hydrogen-bond donors (Lipinski definition) is 2. The van der Waals surface area contributed by atoms with Crippen LogP contribution in [-0.4, -0.2) is 46.3 Å². The molecule has 2 aliphatic rings. The van der Waals surface area contributed by atoms with Crippen molar-refractivity contribution < 1.29 is 9.59 Å². The van der Waals surface area contributed by atoms with Gasteiger partial charge >= 0.3 is 0 Å². The number of pyridine rings is 1. The molecule has 1 aliphatic heterocycles. The van der Waals surface area contributed by atoms with Crippen molar-refractivity contribution in [2.24, 2.45) is 0 Å². The van der Waals surface area contributed by atoms with Crippen LogP contribution in [0.5, 0.6) is 0 Å². The fraction of sp³-hybridized carbons (Fsp3) is 0.500. The van der Waals surface area contributed by atoms with Gasteiger partial charge in [-0.1, -0.05) is 18.9 Å². The molecule has 0 bridgehead atoms. The van der Waals surface area contributed by atoms with E-state index in [1.54, 1.807) is 24.9 Å². The number of allylic oxidation sites excluding steroid dienone is 2. The number of nitrogens with one attached hydrogen (secondary N) is 2. The number of amides is 1. The number of hydrogen-bond acceptors (Lipinski definition) is 7. The summed E-state index contributed by atoms with van der Waals surface area (Å²) in [7, 11) is 0. The molecule has 8 nitrogen and oxygen atoms in total. The van der Waals surface area contributed by atoms with Gasteiger partial charge in [0.25, 0.3) is 0 Å². The minimum Gasteiger partial charge on any atom is -0.317 e. The predicted molar refractivity (Wildman–Crippen MR) is 134 cm³/mol. The van der Waals surface area contributed by atoms with Crippen LogP contribution < -0.4 is 15.5 Å². The van der Waals surface area contributed by atoms with Crippen LogP contribution in [0.4, 0.5) is 17.6 Å². The van der Waals surface area contributed by atoms with Gasteiger partial charge in [0, 0.05) is 24.0 Å². The third-order valence-corrected chi connectivity index (χ3v) is 7.18. The highest BCUT2D eigenvalue weighted by atomic mass is 16.1. The zero-order chi connectivity index (χ0) is 24.1. The molecular weight excluding hydrogens is 428 g/mol. The van der Waals surface area contributed by atoms with Gasteiger partial charge in [-0.2, -0.15) is 4.98 Å². The maximum atomic E-state index is 12.2. The molecule has 0 aromatic carbocycles. The van der Waals surface area contributed by atoms with Crippen molar-refractivity contribution in [1.82, 2.24) is 20.3 Å². The summed E-state index contributed by atoms with van der Waals surface area (Å²) in [5, 5.41) is 6.58. The Bertz CT molecular complexity index is 1050. The highest BCUT2D eigenvalue weighted by Gasteiger charge is 2.27. The van der Waals surface area contributed by atoms with Crippen LogP contribution in [0.2, 0.25) is 0 Å². The van der Waals surface area contributed by atoms with E-state index in [0.717, 1.165) is 63.6 Å². The van der Waals surface area contributed by atoms with E-state index in [9.17, 15) is 9.59 Å². The number of piperidine rings is 1. The van der Waals surface area contributed by atoms with Crippen molar-refractivity contribution in [2.45, 2.75) is 71.3 Å². The molecule has 180 valence electrons. The van der Waals surface area contributed by atoms with Crippen molar-refractivity contribution in [3.63, 3.8) is 0 Å². The Morgan fingerprint density at radius 2 is 1.79 bits per heavy atom. The summed E-state index contributed by atoms with van der Waals surface area (Å²) in [6.07, 6.45) is 10.8. The van der Waals surface area contributed by atoms with Crippen molar-refractivity contribution in [1.29, 1.82) is 0 Å². The summed E-state index contributed by atoms with van der Waals surface area (Å²) in [5.41, 5.74) is 3.37. The van der Waals surface area contributed by atoms with E-state index in [-0.39, 0.29) is 11.8 Å². The number of anilines is 3. The van der Waals surface area contributed by atoms with Crippen LogP contribution in [0.3, 0.4) is 0 Å². The van der Waals surface area contributed by atoms with Crippen LogP contribution in [0.1, 0.15) is 76.3 Å². The number of ketones is 1. The molecule has 1 saturated heterocycles. The molecule has 2 N–H and O–H groups in total. The number of carbonyl (C=O) groups excluding carboxylic acids is 2. The topological polar surface area (TPSA) is 100 Å². The quantitative estimate of drug-likeness (QED) is 0.444. The van der Waals surface area contributed by atoms with Gasteiger partial charge in [0.05, 0.1) is 0 Å². The summed E-state index contributed by atoms with van der Waals surface area (Å²) in [6, 6.07) is 4.17. The lowest BCUT2D eigenvalue weighted by Gasteiger charge is -2.26. The Hall–Kier alpha value is -3.13. The second kappa shape index (κ2) is 10.9. The molecule has 2 fully saturated rings. The average Bonchev–Trinajstić information content (AvgIpc) is 3.39. The monoisotopic (exact) mass is 462 g/mol. The van der Waals surface area contributed by atoms with E-state index in [1.807, 2.05) is 19.2 Å². The van der Waals surface area contributed by atoms with Gasteiger partial charge in [-0.05, 0) is 88.2 Å². The Morgan fingerprint density at radius 3 is 2.41 bits per heavy atom. The third-order valence-electron chi connectivity index (χ3n) is 7.18. The smallest absolute Gasteiger partial charge is 0.230 e. The molecule has 0 atom stereocenters. The molecule has 0 unspecified atom stereocenters. The molecule has 2 aromatic rings. The summed E-state index contributed by atoms with van der Waals surface area (Å²) in [4.78, 5) is 39.7. The Morgan fingerprint density at radius 1 is 1.06 bits per heavy atom. The molecular formula is C26H34N6O2. The summed E-state index contributed by atoms with van der Waals surface area (Å²) >= 11 is 0. The minimum absolute atomic E-state index is 0.0118. The zero-order valence-electron chi connectivity index (χ0n) is 20.3. The molecule has 4 rings (SSSR count). The molecule has 0 radical (unpaired) electrons. The number of carbonyl (C=O) groups is 2. The predicted octanol–water partition coefficient (Wildman–Crippen LogP) is 4.37. The lowest BCUT2D eigenvalue weighted by atomic mass is 9.91. The first-order chi connectivity index (χ1) is 16.5. The van der Waals surface area contributed by atoms with E-state index >= 15 is 0 Å². The SMILES string of the molecule is CC(=O)/C(C)=C(\C)c1cnc(Nc2ccc(C3CCNCC3)cn2)nc1N(C=O)C1CCCC1. The van der Waals surface area contributed by atoms with Crippen LogP contribution in [0.25, 0.3) is 5.57 Å². The highest BCUT2D eigenvalue weighted by molar-refractivity contribution is 6.01. The van der Waals surface area contributed by atoms with Gasteiger partial charge in [0.2, 0.25) is 12.4 Å². The number of Topliss-reactive ketones (excluding diaryl/α,β-unsaturated/α-hetero) is 1. The first kappa shape index (κ1) is 24.0. The summed E-state index contributed by atoms with van der Waals surface area (Å²) < 4.78 is 0. The Labute approximate surface area is 201 Å². The van der Waals surface area contributed by atoms with E-state index in [2.05, 4.69) is 26.7 Å². The molecule has 0 spiro atoms. The molecule has 2 aromatic heterocycles. The van der Waals surface area contributed by atoms with Gasteiger partial charge in [0.1, 0.15) is 11.6 Å². The molecule has 1 amide bonds. The van der Waals surface area contributed by atoms with Crippen LogP contribution >= 0.6 is 0 Å². The van der Waals surface area contributed by atoms with Crippen LogP contribution in [0, 0.1) is 0 Å². The number of nitrogens with zero attached hydrogens (tertiary/aromatic N) is 4. The molecule has 3 heterocycles. The van der Waals surface area contributed by atoms with E-state index in [0.29, 0.717) is 34.6 Å². The normalized spacial score (nSPS) is 17.9. The standard InChI is InChI=1S/C26H34N6O2/c1-17(19(3)34)18(2)23-15-29-26(31-25(23)32(16-33)22-6-4-5-7-22)30-24-9-8-21(14-28-24)20-10-12-27-13-11-20/h8-9,14-16,20,22,27H,4-7,10-13H2,1-3H3,(H,28,29,30,31)/b18-17+. The number of aromatic nitrogens is 3. The molecule has 8 heteroatoms. The third kappa shape index (κ3) is 5.33. The lowest BCUT2D eigenvalue weighted by Crippen LogP contribution is -2.33. The maximum Gasteiger partial charge on any atom is 0.230 e. The average molecular weight is 463 g/mol. The van der Waals surface area contributed by atoms with E-state index < -0.39 is 0 Å². The fourth-order valence-corrected chi connectivity index (χ4v) is 4.84. The largest absolute Gasteiger partial charge is 0.317 e.